The Morgan fingerprint density at radius 2 is 2.00 bits per heavy atom. The van der Waals surface area contributed by atoms with E-state index in [-0.39, 0.29) is 16.9 Å². The van der Waals surface area contributed by atoms with Crippen molar-refractivity contribution < 1.29 is 9.53 Å². The third kappa shape index (κ3) is 2.74. The molecule has 0 radical (unpaired) electrons. The highest BCUT2D eigenvalue weighted by Crippen LogP contribution is 2.32. The van der Waals surface area contributed by atoms with Gasteiger partial charge in [0.05, 0.1) is 22.5 Å². The van der Waals surface area contributed by atoms with E-state index in [1.54, 1.807) is 30.3 Å². The van der Waals surface area contributed by atoms with E-state index >= 15 is 0 Å². The van der Waals surface area contributed by atoms with Gasteiger partial charge in [0.25, 0.3) is 5.91 Å². The van der Waals surface area contributed by atoms with Crippen molar-refractivity contribution in [3.63, 3.8) is 0 Å². The van der Waals surface area contributed by atoms with E-state index in [1.807, 2.05) is 34.9 Å². The fourth-order valence-electron chi connectivity index (χ4n) is 3.30. The summed E-state index contributed by atoms with van der Waals surface area (Å²) in [6.07, 6.45) is 1.62. The molecule has 0 bridgehead atoms. The lowest BCUT2D eigenvalue weighted by Crippen LogP contribution is -2.32. The number of hydrogen-bond acceptors (Lipinski definition) is 3. The van der Waals surface area contributed by atoms with Crippen LogP contribution in [0.4, 0.5) is 0 Å². The third-order valence-electron chi connectivity index (χ3n) is 4.56. The fourth-order valence-corrected chi connectivity index (χ4v) is 3.53. The highest BCUT2D eigenvalue weighted by molar-refractivity contribution is 6.35. The van der Waals surface area contributed by atoms with Crippen molar-refractivity contribution in [2.45, 2.75) is 13.1 Å². The maximum Gasteiger partial charge on any atom is 0.259 e. The monoisotopic (exact) mass is 368 g/mol. The molecule has 5 nitrogen and oxygen atoms in total. The highest BCUT2D eigenvalue weighted by atomic mass is 35.5. The second-order valence-corrected chi connectivity index (χ2v) is 6.74. The van der Waals surface area contributed by atoms with E-state index in [9.17, 15) is 9.59 Å². The van der Waals surface area contributed by atoms with E-state index in [0.717, 1.165) is 5.56 Å². The molecular formula is C20H17ClN2O3. The molecule has 1 amide bonds. The molecule has 26 heavy (non-hydrogen) atoms. The van der Waals surface area contributed by atoms with Gasteiger partial charge in [0.15, 0.2) is 0 Å². The Labute approximate surface area is 155 Å². The minimum atomic E-state index is -0.362. The van der Waals surface area contributed by atoms with Gasteiger partial charge >= 0.3 is 0 Å². The largest absolute Gasteiger partial charge is 0.490 e. The van der Waals surface area contributed by atoms with Crippen molar-refractivity contribution in [3.05, 3.63) is 75.0 Å². The molecule has 1 aliphatic rings. The second kappa shape index (κ2) is 6.50. The van der Waals surface area contributed by atoms with E-state index in [1.165, 1.54) is 0 Å². The van der Waals surface area contributed by atoms with Gasteiger partial charge in [0.1, 0.15) is 17.9 Å². The summed E-state index contributed by atoms with van der Waals surface area (Å²) < 4.78 is 7.50. The first-order chi connectivity index (χ1) is 12.6. The summed E-state index contributed by atoms with van der Waals surface area (Å²) >= 11 is 6.28. The van der Waals surface area contributed by atoms with E-state index in [0.29, 0.717) is 41.4 Å². The molecule has 0 atom stereocenters. The van der Waals surface area contributed by atoms with Crippen LogP contribution in [-0.4, -0.2) is 29.0 Å². The molecule has 6 heteroatoms. The molecule has 0 saturated carbocycles. The number of rotatable bonds is 3. The number of hydrogen-bond donors (Lipinski definition) is 0. The Balaban J connectivity index is 1.80. The van der Waals surface area contributed by atoms with Crippen LogP contribution in [0.2, 0.25) is 5.02 Å². The van der Waals surface area contributed by atoms with Crippen LogP contribution < -0.4 is 10.2 Å². The van der Waals surface area contributed by atoms with Crippen molar-refractivity contribution in [3.8, 4) is 5.75 Å². The van der Waals surface area contributed by atoms with Gasteiger partial charge in [-0.3, -0.25) is 9.59 Å². The molecular weight excluding hydrogens is 352 g/mol. The van der Waals surface area contributed by atoms with Crippen molar-refractivity contribution in [1.82, 2.24) is 9.47 Å². The standard InChI is InChI=1S/C20H17ClN2O3/c1-22(11-13-5-3-2-4-6-13)20(25)14-12-23-9-10-26-16-8-7-15(21)17(18(16)23)19(14)24/h2-8,12H,9-11H2,1H3. The van der Waals surface area contributed by atoms with Gasteiger partial charge in [-0.05, 0) is 17.7 Å². The van der Waals surface area contributed by atoms with Gasteiger partial charge in [-0.1, -0.05) is 41.9 Å². The van der Waals surface area contributed by atoms with Crippen LogP contribution in [0.5, 0.6) is 5.75 Å². The van der Waals surface area contributed by atoms with Gasteiger partial charge in [-0.2, -0.15) is 0 Å². The number of amides is 1. The van der Waals surface area contributed by atoms with Gasteiger partial charge < -0.3 is 14.2 Å². The molecule has 0 spiro atoms. The van der Waals surface area contributed by atoms with Crippen molar-refractivity contribution >= 4 is 28.4 Å². The number of aromatic nitrogens is 1. The van der Waals surface area contributed by atoms with Crippen LogP contribution in [0.3, 0.4) is 0 Å². The first-order valence-corrected chi connectivity index (χ1v) is 8.72. The molecule has 1 aliphatic heterocycles. The Kier molecular flexibility index (Phi) is 4.17. The summed E-state index contributed by atoms with van der Waals surface area (Å²) in [7, 11) is 1.69. The molecule has 132 valence electrons. The van der Waals surface area contributed by atoms with Crippen LogP contribution in [0.1, 0.15) is 15.9 Å². The van der Waals surface area contributed by atoms with Crippen molar-refractivity contribution in [2.75, 3.05) is 13.7 Å². The lowest BCUT2D eigenvalue weighted by Gasteiger charge is -2.23. The first-order valence-electron chi connectivity index (χ1n) is 8.34. The molecule has 0 aliphatic carbocycles. The number of carbonyl (C=O) groups excluding carboxylic acids is 1. The molecule has 0 N–H and O–H groups in total. The SMILES string of the molecule is CN(Cc1ccccc1)C(=O)c1cn2c3c(ccc(Cl)c3c1=O)OCC2. The number of benzene rings is 2. The Bertz CT molecular complexity index is 1060. The van der Waals surface area contributed by atoms with E-state index in [2.05, 4.69) is 0 Å². The first kappa shape index (κ1) is 16.7. The zero-order valence-electron chi connectivity index (χ0n) is 14.2. The average molecular weight is 369 g/mol. The summed E-state index contributed by atoms with van der Waals surface area (Å²) in [5, 5.41) is 0.663. The van der Waals surface area contributed by atoms with E-state index < -0.39 is 0 Å². The molecule has 1 aromatic heterocycles. The minimum absolute atomic E-state index is 0.122. The summed E-state index contributed by atoms with van der Waals surface area (Å²) in [6.45, 7) is 1.47. The van der Waals surface area contributed by atoms with Crippen LogP contribution in [-0.2, 0) is 13.1 Å². The molecule has 3 aromatic rings. The van der Waals surface area contributed by atoms with Crippen LogP contribution in [0, 0.1) is 0 Å². The Morgan fingerprint density at radius 1 is 1.23 bits per heavy atom. The smallest absolute Gasteiger partial charge is 0.259 e. The highest BCUT2D eigenvalue weighted by Gasteiger charge is 2.23. The van der Waals surface area contributed by atoms with Crippen molar-refractivity contribution in [2.24, 2.45) is 0 Å². The predicted octanol–water partition coefficient (Wildman–Crippen LogP) is 3.32. The molecule has 0 unspecified atom stereocenters. The van der Waals surface area contributed by atoms with E-state index in [4.69, 9.17) is 16.3 Å². The van der Waals surface area contributed by atoms with Gasteiger partial charge in [-0.25, -0.2) is 0 Å². The lowest BCUT2D eigenvalue weighted by atomic mass is 10.1. The number of halogens is 1. The number of nitrogens with zero attached hydrogens (tertiary/aromatic N) is 2. The van der Waals surface area contributed by atoms with Crippen molar-refractivity contribution in [1.29, 1.82) is 0 Å². The minimum Gasteiger partial charge on any atom is -0.490 e. The summed E-state index contributed by atoms with van der Waals surface area (Å²) in [4.78, 5) is 27.5. The van der Waals surface area contributed by atoms with Crippen LogP contribution in [0.25, 0.3) is 10.9 Å². The predicted molar refractivity (Wildman–Crippen MR) is 101 cm³/mol. The van der Waals surface area contributed by atoms with Crippen LogP contribution >= 0.6 is 11.6 Å². The molecule has 0 saturated heterocycles. The molecule has 2 aromatic carbocycles. The molecule has 0 fully saturated rings. The maximum absolute atomic E-state index is 13.0. The fraction of sp³-hybridized carbons (Fsp3) is 0.200. The van der Waals surface area contributed by atoms with Gasteiger partial charge in [0.2, 0.25) is 5.43 Å². The average Bonchev–Trinajstić information content (AvgIpc) is 2.66. The topological polar surface area (TPSA) is 51.5 Å². The number of ether oxygens (including phenoxy) is 1. The second-order valence-electron chi connectivity index (χ2n) is 6.33. The van der Waals surface area contributed by atoms with Gasteiger partial charge in [-0.15, -0.1) is 0 Å². The zero-order valence-corrected chi connectivity index (χ0v) is 15.0. The molecule has 2 heterocycles. The summed E-state index contributed by atoms with van der Waals surface area (Å²) in [5.74, 6) is 0.293. The maximum atomic E-state index is 13.0. The normalized spacial score (nSPS) is 12.7. The lowest BCUT2D eigenvalue weighted by molar-refractivity contribution is 0.0783. The van der Waals surface area contributed by atoms with Crippen LogP contribution in [0.15, 0.2) is 53.5 Å². The zero-order chi connectivity index (χ0) is 18.3. The quantitative estimate of drug-likeness (QED) is 0.712. The summed E-state index contributed by atoms with van der Waals surface area (Å²) in [5.41, 5.74) is 1.41. The number of pyridine rings is 1. The number of carbonyl (C=O) groups is 1. The Hall–Kier alpha value is -2.79. The Morgan fingerprint density at radius 3 is 2.77 bits per heavy atom. The summed E-state index contributed by atoms with van der Waals surface area (Å²) in [6, 6.07) is 13.0. The third-order valence-corrected chi connectivity index (χ3v) is 4.88. The molecule has 4 rings (SSSR count). The van der Waals surface area contributed by atoms with Gasteiger partial charge in [0, 0.05) is 19.8 Å².